The summed E-state index contributed by atoms with van der Waals surface area (Å²) in [6.07, 6.45) is 0.473. The number of halogens is 1. The number of carbonyl (C=O) groups is 1. The Balaban J connectivity index is 0.00000220. The van der Waals surface area contributed by atoms with Crippen molar-refractivity contribution < 1.29 is 14.3 Å². The molecule has 1 N–H and O–H groups in total. The van der Waals surface area contributed by atoms with E-state index >= 15 is 0 Å². The van der Waals surface area contributed by atoms with Gasteiger partial charge < -0.3 is 19.7 Å². The SMILES string of the molecule is COc1cccc(CN(C)C(=O)CC2COCCN2)c1.Cl. The lowest BCUT2D eigenvalue weighted by Crippen LogP contribution is -2.44. The Kier molecular flexibility index (Phi) is 7.50. The highest BCUT2D eigenvalue weighted by Gasteiger charge is 2.19. The van der Waals surface area contributed by atoms with Crippen LogP contribution in [0.4, 0.5) is 0 Å². The Morgan fingerprint density at radius 3 is 3.00 bits per heavy atom. The van der Waals surface area contributed by atoms with Crippen molar-refractivity contribution in [2.24, 2.45) is 0 Å². The number of hydrogen-bond acceptors (Lipinski definition) is 4. The van der Waals surface area contributed by atoms with Gasteiger partial charge in [-0.3, -0.25) is 4.79 Å². The predicted octanol–water partition coefficient (Wildman–Crippen LogP) is 1.45. The van der Waals surface area contributed by atoms with E-state index in [0.29, 0.717) is 19.6 Å². The first-order valence-corrected chi connectivity index (χ1v) is 6.87. The maximum absolute atomic E-state index is 12.2. The third kappa shape index (κ3) is 5.53. The van der Waals surface area contributed by atoms with Gasteiger partial charge in [0.05, 0.1) is 20.3 Å². The van der Waals surface area contributed by atoms with Crippen LogP contribution in [0.2, 0.25) is 0 Å². The molecular weight excluding hydrogens is 292 g/mol. The molecule has 5 nitrogen and oxygen atoms in total. The molecular formula is C15H23ClN2O3. The van der Waals surface area contributed by atoms with Gasteiger partial charge in [0.25, 0.3) is 0 Å². The topological polar surface area (TPSA) is 50.8 Å². The van der Waals surface area contributed by atoms with Crippen molar-refractivity contribution in [3.8, 4) is 5.75 Å². The summed E-state index contributed by atoms with van der Waals surface area (Å²) in [6, 6.07) is 7.90. The third-order valence-electron chi connectivity index (χ3n) is 3.40. The summed E-state index contributed by atoms with van der Waals surface area (Å²) in [5, 5.41) is 3.29. The summed E-state index contributed by atoms with van der Waals surface area (Å²) in [6.45, 7) is 2.74. The molecule has 0 spiro atoms. The van der Waals surface area contributed by atoms with Crippen molar-refractivity contribution in [3.05, 3.63) is 29.8 Å². The van der Waals surface area contributed by atoms with E-state index in [0.717, 1.165) is 24.5 Å². The Morgan fingerprint density at radius 2 is 2.33 bits per heavy atom. The van der Waals surface area contributed by atoms with E-state index < -0.39 is 0 Å². The Morgan fingerprint density at radius 1 is 1.52 bits per heavy atom. The molecule has 1 amide bonds. The molecule has 1 saturated heterocycles. The van der Waals surface area contributed by atoms with E-state index in [4.69, 9.17) is 9.47 Å². The molecule has 1 aromatic carbocycles. The van der Waals surface area contributed by atoms with E-state index in [9.17, 15) is 4.79 Å². The van der Waals surface area contributed by atoms with Crippen LogP contribution in [-0.2, 0) is 16.1 Å². The van der Waals surface area contributed by atoms with E-state index in [1.807, 2.05) is 31.3 Å². The molecule has 0 aliphatic carbocycles. The minimum Gasteiger partial charge on any atom is -0.497 e. The average molecular weight is 315 g/mol. The molecule has 1 aliphatic heterocycles. The van der Waals surface area contributed by atoms with E-state index in [1.165, 1.54) is 0 Å². The molecule has 1 atom stereocenters. The fraction of sp³-hybridized carbons (Fsp3) is 0.533. The average Bonchev–Trinajstić information content (AvgIpc) is 2.48. The second kappa shape index (κ2) is 8.87. The summed E-state index contributed by atoms with van der Waals surface area (Å²) in [5.41, 5.74) is 1.06. The van der Waals surface area contributed by atoms with Crippen molar-refractivity contribution in [2.75, 3.05) is 33.9 Å². The number of amides is 1. The van der Waals surface area contributed by atoms with Crippen LogP contribution in [0.25, 0.3) is 0 Å². The zero-order valence-corrected chi connectivity index (χ0v) is 13.3. The van der Waals surface area contributed by atoms with Gasteiger partial charge >= 0.3 is 0 Å². The minimum absolute atomic E-state index is 0. The van der Waals surface area contributed by atoms with Crippen molar-refractivity contribution in [3.63, 3.8) is 0 Å². The van der Waals surface area contributed by atoms with E-state index in [1.54, 1.807) is 12.0 Å². The summed E-state index contributed by atoms with van der Waals surface area (Å²) in [5.74, 6) is 0.932. The molecule has 1 unspecified atom stereocenters. The number of ether oxygens (including phenoxy) is 2. The lowest BCUT2D eigenvalue weighted by atomic mass is 10.1. The fourth-order valence-electron chi connectivity index (χ4n) is 2.25. The molecule has 0 radical (unpaired) electrons. The molecule has 6 heteroatoms. The van der Waals surface area contributed by atoms with E-state index in [-0.39, 0.29) is 24.4 Å². The first kappa shape index (κ1) is 17.8. The standard InChI is InChI=1S/C15H22N2O3.ClH/c1-17(10-12-4-3-5-14(8-12)19-2)15(18)9-13-11-20-7-6-16-13;/h3-5,8,13,16H,6-7,9-11H2,1-2H3;1H. The molecule has 0 aromatic heterocycles. The number of methoxy groups -OCH3 is 1. The number of morpholine rings is 1. The van der Waals surface area contributed by atoms with Crippen LogP contribution in [0.15, 0.2) is 24.3 Å². The Labute approximate surface area is 132 Å². The van der Waals surface area contributed by atoms with Crippen molar-refractivity contribution in [1.82, 2.24) is 10.2 Å². The van der Waals surface area contributed by atoms with Gasteiger partial charge in [0, 0.05) is 32.6 Å². The molecule has 1 aliphatic rings. The summed E-state index contributed by atoms with van der Waals surface area (Å²) < 4.78 is 10.5. The Bertz CT molecular complexity index is 450. The van der Waals surface area contributed by atoms with Crippen LogP contribution in [0.3, 0.4) is 0 Å². The highest BCUT2D eigenvalue weighted by atomic mass is 35.5. The number of nitrogens with zero attached hydrogens (tertiary/aromatic N) is 1. The number of rotatable bonds is 5. The molecule has 1 aromatic rings. The monoisotopic (exact) mass is 314 g/mol. The maximum atomic E-state index is 12.2. The van der Waals surface area contributed by atoms with E-state index in [2.05, 4.69) is 5.32 Å². The largest absolute Gasteiger partial charge is 0.497 e. The molecule has 0 bridgehead atoms. The van der Waals surface area contributed by atoms with Gasteiger partial charge in [-0.2, -0.15) is 0 Å². The highest BCUT2D eigenvalue weighted by molar-refractivity contribution is 5.85. The van der Waals surface area contributed by atoms with Crippen LogP contribution in [0.1, 0.15) is 12.0 Å². The number of benzene rings is 1. The van der Waals surface area contributed by atoms with Crippen LogP contribution < -0.4 is 10.1 Å². The first-order chi connectivity index (χ1) is 9.69. The van der Waals surface area contributed by atoms with Gasteiger partial charge in [-0.15, -0.1) is 12.4 Å². The second-order valence-electron chi connectivity index (χ2n) is 5.03. The zero-order valence-electron chi connectivity index (χ0n) is 12.5. The first-order valence-electron chi connectivity index (χ1n) is 6.87. The lowest BCUT2D eigenvalue weighted by molar-refractivity contribution is -0.131. The second-order valence-corrected chi connectivity index (χ2v) is 5.03. The maximum Gasteiger partial charge on any atom is 0.224 e. The molecule has 1 heterocycles. The van der Waals surface area contributed by atoms with Crippen molar-refractivity contribution in [2.45, 2.75) is 19.0 Å². The molecule has 0 saturated carbocycles. The molecule has 21 heavy (non-hydrogen) atoms. The third-order valence-corrected chi connectivity index (χ3v) is 3.40. The quantitative estimate of drug-likeness (QED) is 0.894. The summed E-state index contributed by atoms with van der Waals surface area (Å²) in [7, 11) is 3.47. The van der Waals surface area contributed by atoms with Crippen molar-refractivity contribution in [1.29, 1.82) is 0 Å². The predicted molar refractivity (Wildman–Crippen MR) is 83.9 cm³/mol. The normalized spacial score (nSPS) is 17.7. The summed E-state index contributed by atoms with van der Waals surface area (Å²) in [4.78, 5) is 13.9. The molecule has 1 fully saturated rings. The number of hydrogen-bond donors (Lipinski definition) is 1. The smallest absolute Gasteiger partial charge is 0.224 e. The summed E-state index contributed by atoms with van der Waals surface area (Å²) >= 11 is 0. The number of carbonyl (C=O) groups excluding carboxylic acids is 1. The molecule has 118 valence electrons. The van der Waals surface area contributed by atoms with Crippen LogP contribution in [0.5, 0.6) is 5.75 Å². The van der Waals surface area contributed by atoms with Gasteiger partial charge in [0.1, 0.15) is 5.75 Å². The van der Waals surface area contributed by atoms with Gasteiger partial charge in [-0.05, 0) is 17.7 Å². The van der Waals surface area contributed by atoms with Crippen LogP contribution in [0, 0.1) is 0 Å². The van der Waals surface area contributed by atoms with Gasteiger partial charge in [-0.1, -0.05) is 12.1 Å². The van der Waals surface area contributed by atoms with Crippen LogP contribution >= 0.6 is 12.4 Å². The van der Waals surface area contributed by atoms with Crippen LogP contribution in [-0.4, -0.2) is 50.8 Å². The van der Waals surface area contributed by atoms with Gasteiger partial charge in [0.2, 0.25) is 5.91 Å². The lowest BCUT2D eigenvalue weighted by Gasteiger charge is -2.25. The number of nitrogens with one attached hydrogen (secondary N) is 1. The minimum atomic E-state index is 0. The molecule has 2 rings (SSSR count). The van der Waals surface area contributed by atoms with Gasteiger partial charge in [0.15, 0.2) is 0 Å². The highest BCUT2D eigenvalue weighted by Crippen LogP contribution is 2.14. The van der Waals surface area contributed by atoms with Gasteiger partial charge in [-0.25, -0.2) is 0 Å². The Hall–Kier alpha value is -1.30. The van der Waals surface area contributed by atoms with Crippen molar-refractivity contribution >= 4 is 18.3 Å². The zero-order chi connectivity index (χ0) is 14.4. The fourth-order valence-corrected chi connectivity index (χ4v) is 2.25.